The van der Waals surface area contributed by atoms with Crippen LogP contribution in [0.25, 0.3) is 0 Å². The molecule has 0 bridgehead atoms. The van der Waals surface area contributed by atoms with Gasteiger partial charge in [-0.05, 0) is 43.8 Å². The van der Waals surface area contributed by atoms with Crippen LogP contribution in [0.3, 0.4) is 0 Å². The molecule has 2 unspecified atom stereocenters. The molecule has 0 radical (unpaired) electrons. The van der Waals surface area contributed by atoms with Crippen molar-refractivity contribution in [2.75, 3.05) is 13.1 Å². The number of aryl methyl sites for hydroxylation is 1. The molecule has 2 atom stereocenters. The summed E-state index contributed by atoms with van der Waals surface area (Å²) in [5, 5.41) is 16.7. The van der Waals surface area contributed by atoms with Gasteiger partial charge in [-0.3, -0.25) is 9.48 Å². The van der Waals surface area contributed by atoms with E-state index in [1.807, 2.05) is 19.4 Å². The fraction of sp³-hybridized carbons (Fsp3) is 0.714. The highest BCUT2D eigenvalue weighted by Gasteiger charge is 2.30. The minimum absolute atomic E-state index is 0.153. The fourth-order valence-electron chi connectivity index (χ4n) is 2.90. The summed E-state index contributed by atoms with van der Waals surface area (Å²) < 4.78 is 1.80. The lowest BCUT2D eigenvalue weighted by Gasteiger charge is -2.28. The number of carboxylic acid groups (broad SMARTS) is 1. The van der Waals surface area contributed by atoms with E-state index < -0.39 is 5.97 Å². The molecule has 5 nitrogen and oxygen atoms in total. The van der Waals surface area contributed by atoms with Gasteiger partial charge in [0.05, 0.1) is 12.1 Å². The smallest absolute Gasteiger partial charge is 0.306 e. The van der Waals surface area contributed by atoms with E-state index in [4.69, 9.17) is 0 Å². The lowest BCUT2D eigenvalue weighted by molar-refractivity contribution is -0.144. The van der Waals surface area contributed by atoms with Crippen molar-refractivity contribution in [3.05, 3.63) is 18.0 Å². The Hall–Kier alpha value is -1.36. The van der Waals surface area contributed by atoms with Crippen molar-refractivity contribution >= 4 is 5.97 Å². The summed E-state index contributed by atoms with van der Waals surface area (Å²) in [4.78, 5) is 11.2. The molecule has 2 rings (SSSR count). The van der Waals surface area contributed by atoms with Crippen LogP contribution in [0.5, 0.6) is 0 Å². The van der Waals surface area contributed by atoms with Gasteiger partial charge in [0.2, 0.25) is 0 Å². The molecule has 1 aromatic heterocycles. The second-order valence-electron chi connectivity index (χ2n) is 5.47. The topological polar surface area (TPSA) is 67.2 Å². The minimum Gasteiger partial charge on any atom is -0.481 e. The first-order valence-corrected chi connectivity index (χ1v) is 7.08. The van der Waals surface area contributed by atoms with E-state index in [-0.39, 0.29) is 5.92 Å². The molecule has 106 valence electrons. The van der Waals surface area contributed by atoms with Gasteiger partial charge in [-0.2, -0.15) is 5.10 Å². The predicted molar refractivity (Wildman–Crippen MR) is 72.9 cm³/mol. The van der Waals surface area contributed by atoms with Gasteiger partial charge >= 0.3 is 5.97 Å². The van der Waals surface area contributed by atoms with Gasteiger partial charge < -0.3 is 10.4 Å². The molecular formula is C14H23N3O2. The van der Waals surface area contributed by atoms with Crippen LogP contribution in [0.1, 0.15) is 31.2 Å². The van der Waals surface area contributed by atoms with Crippen LogP contribution in [0.4, 0.5) is 0 Å². The second kappa shape index (κ2) is 6.70. The van der Waals surface area contributed by atoms with E-state index in [0.29, 0.717) is 5.92 Å². The summed E-state index contributed by atoms with van der Waals surface area (Å²) in [7, 11) is 1.91. The zero-order valence-electron chi connectivity index (χ0n) is 11.5. The number of aromatic nitrogens is 2. The van der Waals surface area contributed by atoms with Gasteiger partial charge in [0.1, 0.15) is 0 Å². The van der Waals surface area contributed by atoms with Gasteiger partial charge in [0.15, 0.2) is 0 Å². The summed E-state index contributed by atoms with van der Waals surface area (Å²) >= 11 is 0. The Kier molecular flexibility index (Phi) is 4.96. The van der Waals surface area contributed by atoms with Crippen LogP contribution >= 0.6 is 0 Å². The van der Waals surface area contributed by atoms with Gasteiger partial charge in [-0.1, -0.05) is 12.8 Å². The average Bonchev–Trinajstić information content (AvgIpc) is 2.81. The Bertz CT molecular complexity index is 417. The Morgan fingerprint density at radius 3 is 3.00 bits per heavy atom. The van der Waals surface area contributed by atoms with Crippen LogP contribution in [-0.2, 0) is 18.3 Å². The van der Waals surface area contributed by atoms with E-state index >= 15 is 0 Å². The van der Waals surface area contributed by atoms with Gasteiger partial charge in [0.25, 0.3) is 0 Å². The van der Waals surface area contributed by atoms with Crippen LogP contribution in [-0.4, -0.2) is 33.9 Å². The molecular weight excluding hydrogens is 242 g/mol. The Morgan fingerprint density at radius 2 is 2.32 bits per heavy atom. The highest BCUT2D eigenvalue weighted by Crippen LogP contribution is 2.29. The van der Waals surface area contributed by atoms with E-state index in [0.717, 1.165) is 38.8 Å². The number of rotatable bonds is 6. The van der Waals surface area contributed by atoms with Crippen molar-refractivity contribution in [1.82, 2.24) is 15.1 Å². The van der Waals surface area contributed by atoms with Gasteiger partial charge in [-0.15, -0.1) is 0 Å². The first kappa shape index (κ1) is 14.1. The molecule has 1 aromatic rings. The number of nitrogens with one attached hydrogen (secondary N) is 1. The maximum Gasteiger partial charge on any atom is 0.306 e. The van der Waals surface area contributed by atoms with Crippen LogP contribution < -0.4 is 5.32 Å². The number of carboxylic acids is 1. The molecule has 2 N–H and O–H groups in total. The number of hydrogen-bond acceptors (Lipinski definition) is 3. The predicted octanol–water partition coefficient (Wildman–Crippen LogP) is 1.44. The lowest BCUT2D eigenvalue weighted by atomic mass is 9.79. The number of nitrogens with zero attached hydrogens (tertiary/aromatic N) is 2. The number of hydrogen-bond donors (Lipinski definition) is 2. The van der Waals surface area contributed by atoms with E-state index in [9.17, 15) is 9.90 Å². The first-order chi connectivity index (χ1) is 9.16. The summed E-state index contributed by atoms with van der Waals surface area (Å²) in [5.41, 5.74) is 1.22. The van der Waals surface area contributed by atoms with E-state index in [1.165, 1.54) is 12.0 Å². The Morgan fingerprint density at radius 1 is 1.53 bits per heavy atom. The van der Waals surface area contributed by atoms with Crippen LogP contribution in [0.15, 0.2) is 12.4 Å². The molecule has 1 fully saturated rings. The fourth-order valence-corrected chi connectivity index (χ4v) is 2.90. The summed E-state index contributed by atoms with van der Waals surface area (Å²) in [6.07, 6.45) is 8.94. The maximum atomic E-state index is 11.2. The summed E-state index contributed by atoms with van der Waals surface area (Å²) in [6, 6.07) is 0. The molecule has 19 heavy (non-hydrogen) atoms. The summed E-state index contributed by atoms with van der Waals surface area (Å²) in [5.74, 6) is -0.487. The second-order valence-corrected chi connectivity index (χ2v) is 5.47. The molecule has 1 aliphatic carbocycles. The highest BCUT2D eigenvalue weighted by atomic mass is 16.4. The van der Waals surface area contributed by atoms with Gasteiger partial charge in [0, 0.05) is 13.2 Å². The van der Waals surface area contributed by atoms with E-state index in [1.54, 1.807) is 4.68 Å². The van der Waals surface area contributed by atoms with Crippen LogP contribution in [0, 0.1) is 11.8 Å². The zero-order valence-corrected chi connectivity index (χ0v) is 11.5. The highest BCUT2D eigenvalue weighted by molar-refractivity contribution is 5.70. The van der Waals surface area contributed by atoms with Crippen molar-refractivity contribution < 1.29 is 9.90 Å². The lowest BCUT2D eigenvalue weighted by Crippen LogP contribution is -2.35. The largest absolute Gasteiger partial charge is 0.481 e. The molecule has 1 saturated carbocycles. The van der Waals surface area contributed by atoms with Crippen molar-refractivity contribution in [3.8, 4) is 0 Å². The zero-order chi connectivity index (χ0) is 13.7. The molecule has 0 amide bonds. The van der Waals surface area contributed by atoms with Crippen molar-refractivity contribution in [1.29, 1.82) is 0 Å². The SMILES string of the molecule is Cn1cc(CCNCC2CCCCC2C(=O)O)cn1. The third-order valence-electron chi connectivity index (χ3n) is 3.98. The Balaban J connectivity index is 1.70. The minimum atomic E-state index is -0.626. The monoisotopic (exact) mass is 265 g/mol. The first-order valence-electron chi connectivity index (χ1n) is 7.08. The molecule has 5 heteroatoms. The molecule has 0 aliphatic heterocycles. The molecule has 0 spiro atoms. The molecule has 0 saturated heterocycles. The maximum absolute atomic E-state index is 11.2. The van der Waals surface area contributed by atoms with Gasteiger partial charge in [-0.25, -0.2) is 0 Å². The Labute approximate surface area is 114 Å². The number of aliphatic carboxylic acids is 1. The van der Waals surface area contributed by atoms with Crippen molar-refractivity contribution in [2.24, 2.45) is 18.9 Å². The average molecular weight is 265 g/mol. The van der Waals surface area contributed by atoms with Crippen LogP contribution in [0.2, 0.25) is 0 Å². The third kappa shape index (κ3) is 4.06. The molecule has 1 aliphatic rings. The third-order valence-corrected chi connectivity index (χ3v) is 3.98. The summed E-state index contributed by atoms with van der Waals surface area (Å²) in [6.45, 7) is 1.70. The quantitative estimate of drug-likeness (QED) is 0.764. The normalized spacial score (nSPS) is 23.4. The standard InChI is InChI=1S/C14H23N3O2/c1-17-10-11(8-16-17)6-7-15-9-12-4-2-3-5-13(12)14(18)19/h8,10,12-13,15H,2-7,9H2,1H3,(H,18,19). The van der Waals surface area contributed by atoms with E-state index in [2.05, 4.69) is 10.4 Å². The van der Waals surface area contributed by atoms with Crippen molar-refractivity contribution in [3.63, 3.8) is 0 Å². The van der Waals surface area contributed by atoms with Crippen molar-refractivity contribution in [2.45, 2.75) is 32.1 Å². The molecule has 0 aromatic carbocycles. The number of carbonyl (C=O) groups is 1. The molecule has 1 heterocycles.